The molecule has 2 N–H and O–H groups in total. The van der Waals surface area contributed by atoms with E-state index in [0.29, 0.717) is 22.2 Å². The van der Waals surface area contributed by atoms with E-state index < -0.39 is 5.25 Å². The van der Waals surface area contributed by atoms with Crippen molar-refractivity contribution < 1.29 is 19.1 Å². The van der Waals surface area contributed by atoms with Crippen LogP contribution in [0.3, 0.4) is 0 Å². The highest BCUT2D eigenvalue weighted by Gasteiger charge is 2.31. The third-order valence-corrected chi connectivity index (χ3v) is 9.52. The normalized spacial score (nSPS) is 14.9. The number of thioether (sulfide) groups is 1. The number of carbonyl (C=O) groups excluding carboxylic acids is 3. The van der Waals surface area contributed by atoms with E-state index in [1.807, 2.05) is 67.6 Å². The van der Waals surface area contributed by atoms with Gasteiger partial charge in [-0.25, -0.2) is 4.79 Å². The van der Waals surface area contributed by atoms with Crippen LogP contribution in [-0.4, -0.2) is 29.6 Å². The van der Waals surface area contributed by atoms with Gasteiger partial charge in [-0.3, -0.25) is 9.59 Å². The van der Waals surface area contributed by atoms with Gasteiger partial charge in [0.2, 0.25) is 11.8 Å². The Morgan fingerprint density at radius 3 is 2.45 bits per heavy atom. The third kappa shape index (κ3) is 7.30. The minimum absolute atomic E-state index is 0.100. The van der Waals surface area contributed by atoms with Crippen LogP contribution in [0.15, 0.2) is 89.8 Å². The number of rotatable bonds is 10. The highest BCUT2D eigenvalue weighted by atomic mass is 32.2. The minimum atomic E-state index is -0.438. The lowest BCUT2D eigenvalue weighted by Gasteiger charge is -2.23. The molecule has 216 valence electrons. The van der Waals surface area contributed by atoms with E-state index in [1.54, 1.807) is 6.92 Å². The fraction of sp³-hybridized carbons (Fsp3) is 0.265. The number of thiophene rings is 1. The van der Waals surface area contributed by atoms with Gasteiger partial charge in [-0.2, -0.15) is 0 Å². The predicted octanol–water partition coefficient (Wildman–Crippen LogP) is 7.50. The molecule has 1 heterocycles. The van der Waals surface area contributed by atoms with Crippen LogP contribution in [0, 0.1) is 0 Å². The monoisotopic (exact) mass is 598 g/mol. The second kappa shape index (κ2) is 13.9. The Morgan fingerprint density at radius 1 is 0.976 bits per heavy atom. The number of amides is 2. The summed E-state index contributed by atoms with van der Waals surface area (Å²) >= 11 is 2.89. The molecule has 1 aliphatic rings. The average molecular weight is 599 g/mol. The Kier molecular flexibility index (Phi) is 9.77. The summed E-state index contributed by atoms with van der Waals surface area (Å²) in [5, 5.41) is 6.11. The van der Waals surface area contributed by atoms with E-state index in [1.165, 1.54) is 28.7 Å². The van der Waals surface area contributed by atoms with Crippen molar-refractivity contribution in [1.29, 1.82) is 0 Å². The number of nitrogens with one attached hydrogen (secondary N) is 2. The summed E-state index contributed by atoms with van der Waals surface area (Å²) in [7, 11) is 0. The van der Waals surface area contributed by atoms with Gasteiger partial charge in [0.25, 0.3) is 0 Å². The maximum atomic E-state index is 13.4. The average Bonchev–Trinajstić information content (AvgIpc) is 3.35. The molecule has 2 unspecified atom stereocenters. The van der Waals surface area contributed by atoms with Gasteiger partial charge in [0, 0.05) is 15.5 Å². The Labute approximate surface area is 254 Å². The molecule has 0 bridgehead atoms. The molecule has 1 aliphatic carbocycles. The topological polar surface area (TPSA) is 84.5 Å². The van der Waals surface area contributed by atoms with E-state index in [4.69, 9.17) is 4.74 Å². The van der Waals surface area contributed by atoms with Crippen LogP contribution in [0.5, 0.6) is 0 Å². The van der Waals surface area contributed by atoms with Gasteiger partial charge < -0.3 is 15.4 Å². The Balaban J connectivity index is 1.26. The molecule has 0 saturated heterocycles. The Morgan fingerprint density at radius 2 is 1.71 bits per heavy atom. The molecule has 0 spiro atoms. The minimum Gasteiger partial charge on any atom is -0.462 e. The summed E-state index contributed by atoms with van der Waals surface area (Å²) in [6.45, 7) is 3.90. The maximum Gasteiger partial charge on any atom is 0.341 e. The molecule has 6 nitrogen and oxygen atoms in total. The van der Waals surface area contributed by atoms with Gasteiger partial charge in [0.1, 0.15) is 5.00 Å². The Hall–Kier alpha value is -3.88. The largest absolute Gasteiger partial charge is 0.462 e. The molecule has 0 radical (unpaired) electrons. The van der Waals surface area contributed by atoms with Crippen molar-refractivity contribution in [3.8, 4) is 0 Å². The van der Waals surface area contributed by atoms with Gasteiger partial charge in [0.05, 0.1) is 23.8 Å². The molecule has 5 rings (SSSR count). The third-order valence-electron chi connectivity index (χ3n) is 7.26. The predicted molar refractivity (Wildman–Crippen MR) is 171 cm³/mol. The van der Waals surface area contributed by atoms with Gasteiger partial charge in [-0.1, -0.05) is 66.7 Å². The lowest BCUT2D eigenvalue weighted by molar-refractivity contribution is -0.116. The van der Waals surface area contributed by atoms with Crippen molar-refractivity contribution in [3.63, 3.8) is 0 Å². The van der Waals surface area contributed by atoms with Crippen LogP contribution in [0.25, 0.3) is 0 Å². The Bertz CT molecular complexity index is 1550. The van der Waals surface area contributed by atoms with Gasteiger partial charge in [0.15, 0.2) is 0 Å². The number of fused-ring (bicyclic) bond motifs is 1. The van der Waals surface area contributed by atoms with E-state index >= 15 is 0 Å². The maximum absolute atomic E-state index is 13.4. The lowest BCUT2D eigenvalue weighted by Crippen LogP contribution is -2.23. The number of benzene rings is 3. The number of ether oxygens (including phenoxy) is 1. The van der Waals surface area contributed by atoms with Gasteiger partial charge in [-0.05, 0) is 73.9 Å². The van der Waals surface area contributed by atoms with E-state index in [0.717, 1.165) is 40.2 Å². The second-order valence-corrected chi connectivity index (χ2v) is 12.8. The second-order valence-electron chi connectivity index (χ2n) is 10.3. The first-order valence-electron chi connectivity index (χ1n) is 14.2. The van der Waals surface area contributed by atoms with E-state index in [9.17, 15) is 14.4 Å². The van der Waals surface area contributed by atoms with Crippen LogP contribution in [0.4, 0.5) is 10.7 Å². The fourth-order valence-electron chi connectivity index (χ4n) is 5.21. The summed E-state index contributed by atoms with van der Waals surface area (Å²) in [5.41, 5.74) is 4.41. The zero-order valence-electron chi connectivity index (χ0n) is 23.7. The summed E-state index contributed by atoms with van der Waals surface area (Å²) < 4.78 is 5.40. The highest BCUT2D eigenvalue weighted by Crippen LogP contribution is 2.43. The number of hydrogen-bond acceptors (Lipinski definition) is 6. The summed E-state index contributed by atoms with van der Waals surface area (Å²) in [6.07, 6.45) is 2.83. The zero-order chi connectivity index (χ0) is 29.5. The quantitative estimate of drug-likeness (QED) is 0.146. The van der Waals surface area contributed by atoms with Crippen molar-refractivity contribution in [1.82, 2.24) is 0 Å². The molecule has 0 saturated carbocycles. The number of carbonyl (C=O) groups is 3. The van der Waals surface area contributed by atoms with Crippen molar-refractivity contribution in [2.75, 3.05) is 17.2 Å². The number of esters is 1. The van der Waals surface area contributed by atoms with Gasteiger partial charge >= 0.3 is 5.97 Å². The molecule has 3 aromatic carbocycles. The molecular weight excluding hydrogens is 565 g/mol. The molecular formula is C34H34N2O4S2. The highest BCUT2D eigenvalue weighted by molar-refractivity contribution is 8.00. The summed E-state index contributed by atoms with van der Waals surface area (Å²) in [6, 6.07) is 27.5. The smallest absolute Gasteiger partial charge is 0.341 e. The molecule has 8 heteroatoms. The van der Waals surface area contributed by atoms with Crippen molar-refractivity contribution in [2.24, 2.45) is 0 Å². The summed E-state index contributed by atoms with van der Waals surface area (Å²) in [5.74, 6) is -0.298. The van der Waals surface area contributed by atoms with Crippen LogP contribution >= 0.6 is 23.1 Å². The lowest BCUT2D eigenvalue weighted by atomic mass is 9.83. The molecule has 4 aromatic rings. The molecule has 0 fully saturated rings. The molecule has 2 atom stereocenters. The molecule has 42 heavy (non-hydrogen) atoms. The van der Waals surface area contributed by atoms with Crippen LogP contribution in [-0.2, 0) is 33.6 Å². The van der Waals surface area contributed by atoms with Crippen LogP contribution in [0.2, 0.25) is 0 Å². The van der Waals surface area contributed by atoms with E-state index in [-0.39, 0.29) is 30.8 Å². The first-order chi connectivity index (χ1) is 20.4. The SMILES string of the molecule is CCOC(=O)c1c(NC(=O)C(C)Sc2cccc(NC(=O)Cc3ccccc3)c2)sc2c1CCC(c1ccccc1)C2. The van der Waals surface area contributed by atoms with Crippen LogP contribution < -0.4 is 10.6 Å². The first-order valence-corrected chi connectivity index (χ1v) is 15.9. The van der Waals surface area contributed by atoms with Gasteiger partial charge in [-0.15, -0.1) is 23.1 Å². The van der Waals surface area contributed by atoms with Crippen molar-refractivity contribution in [2.45, 2.75) is 55.6 Å². The molecule has 0 aliphatic heterocycles. The van der Waals surface area contributed by atoms with E-state index in [2.05, 4.69) is 34.9 Å². The number of hydrogen-bond donors (Lipinski definition) is 2. The number of anilines is 2. The fourth-order valence-corrected chi connectivity index (χ4v) is 7.45. The van der Waals surface area contributed by atoms with Crippen molar-refractivity contribution in [3.05, 3.63) is 112 Å². The van der Waals surface area contributed by atoms with Crippen molar-refractivity contribution >= 4 is 51.6 Å². The van der Waals surface area contributed by atoms with Crippen LogP contribution in [0.1, 0.15) is 58.1 Å². The first kappa shape index (κ1) is 29.6. The summed E-state index contributed by atoms with van der Waals surface area (Å²) in [4.78, 5) is 40.9. The zero-order valence-corrected chi connectivity index (χ0v) is 25.4. The molecule has 1 aromatic heterocycles. The molecule has 2 amide bonds. The standard InChI is InChI=1S/C34H34N2O4S2/c1-3-40-34(39)31-28-18-17-25(24-13-8-5-9-14-24)20-29(28)42-33(31)36-32(38)22(2)41-27-16-10-15-26(21-27)35-30(37)19-23-11-6-4-7-12-23/h4-16,21-22,25H,3,17-20H2,1-2H3,(H,35,37)(H,36,38).